The molecule has 0 fully saturated rings. The van der Waals surface area contributed by atoms with Crippen molar-refractivity contribution < 1.29 is 13.9 Å². The van der Waals surface area contributed by atoms with E-state index >= 15 is 0 Å². The number of nitrogens with two attached hydrogens (primary N) is 1. The summed E-state index contributed by atoms with van der Waals surface area (Å²) in [4.78, 5) is 11.6. The fourth-order valence-corrected chi connectivity index (χ4v) is 1.60. The van der Waals surface area contributed by atoms with Gasteiger partial charge in [-0.25, -0.2) is 4.39 Å². The molecule has 0 aliphatic carbocycles. The summed E-state index contributed by atoms with van der Waals surface area (Å²) < 4.78 is 18.3. The van der Waals surface area contributed by atoms with E-state index in [2.05, 4.69) is 5.32 Å². The van der Waals surface area contributed by atoms with Crippen molar-refractivity contribution in [1.29, 1.82) is 0 Å². The van der Waals surface area contributed by atoms with Crippen LogP contribution in [0.1, 0.15) is 0 Å². The van der Waals surface area contributed by atoms with Crippen molar-refractivity contribution in [3.8, 4) is 5.75 Å². The minimum Gasteiger partial charge on any atom is -0.484 e. The average Bonchev–Trinajstić information content (AvgIpc) is 2.43. The van der Waals surface area contributed by atoms with Crippen molar-refractivity contribution in [3.05, 3.63) is 53.3 Å². The fourth-order valence-electron chi connectivity index (χ4n) is 1.48. The van der Waals surface area contributed by atoms with Gasteiger partial charge in [0.25, 0.3) is 5.91 Å². The number of carbonyl (C=O) groups is 1. The Morgan fingerprint density at radius 1 is 1.25 bits per heavy atom. The summed E-state index contributed by atoms with van der Waals surface area (Å²) in [6, 6.07) is 10.7. The molecule has 1 amide bonds. The topological polar surface area (TPSA) is 64.3 Å². The van der Waals surface area contributed by atoms with Crippen LogP contribution in [-0.4, -0.2) is 12.5 Å². The second kappa shape index (κ2) is 6.25. The monoisotopic (exact) mass is 294 g/mol. The summed E-state index contributed by atoms with van der Waals surface area (Å²) >= 11 is 5.73. The predicted molar refractivity (Wildman–Crippen MR) is 76.4 cm³/mol. The third kappa shape index (κ3) is 3.86. The molecule has 104 valence electrons. The molecule has 0 unspecified atom stereocenters. The Kier molecular flexibility index (Phi) is 4.42. The van der Waals surface area contributed by atoms with Gasteiger partial charge in [0.1, 0.15) is 11.6 Å². The highest BCUT2D eigenvalue weighted by Crippen LogP contribution is 2.18. The smallest absolute Gasteiger partial charge is 0.262 e. The number of amides is 1. The molecule has 2 aromatic carbocycles. The molecule has 4 nitrogen and oxygen atoms in total. The van der Waals surface area contributed by atoms with Crippen molar-refractivity contribution in [3.63, 3.8) is 0 Å². The molecule has 0 bridgehead atoms. The van der Waals surface area contributed by atoms with Gasteiger partial charge in [-0.1, -0.05) is 11.6 Å². The molecule has 2 aromatic rings. The van der Waals surface area contributed by atoms with E-state index < -0.39 is 5.82 Å². The van der Waals surface area contributed by atoms with Crippen molar-refractivity contribution in [2.75, 3.05) is 17.7 Å². The minimum atomic E-state index is -0.583. The van der Waals surface area contributed by atoms with Gasteiger partial charge < -0.3 is 15.8 Å². The van der Waals surface area contributed by atoms with Crippen LogP contribution in [0.2, 0.25) is 5.02 Å². The summed E-state index contributed by atoms with van der Waals surface area (Å²) in [5.41, 5.74) is 5.97. The van der Waals surface area contributed by atoms with Crippen molar-refractivity contribution >= 4 is 28.9 Å². The summed E-state index contributed by atoms with van der Waals surface area (Å²) in [5.74, 6) is -0.701. The second-order valence-corrected chi connectivity index (χ2v) is 4.46. The molecule has 3 N–H and O–H groups in total. The molecule has 0 saturated heterocycles. The fraction of sp³-hybridized carbons (Fsp3) is 0.0714. The summed E-state index contributed by atoms with van der Waals surface area (Å²) in [6.07, 6.45) is 0. The van der Waals surface area contributed by atoms with Crippen LogP contribution in [0.5, 0.6) is 5.75 Å². The largest absolute Gasteiger partial charge is 0.484 e. The number of nitrogens with one attached hydrogen (secondary N) is 1. The van der Waals surface area contributed by atoms with Crippen LogP contribution >= 0.6 is 11.6 Å². The van der Waals surface area contributed by atoms with Crippen LogP contribution < -0.4 is 15.8 Å². The number of benzene rings is 2. The van der Waals surface area contributed by atoms with Crippen LogP contribution in [0.15, 0.2) is 42.5 Å². The lowest BCUT2D eigenvalue weighted by atomic mass is 10.3. The number of ether oxygens (including phenoxy) is 1. The third-order valence-corrected chi connectivity index (χ3v) is 2.72. The zero-order valence-electron chi connectivity index (χ0n) is 10.4. The minimum absolute atomic E-state index is 0.0305. The zero-order chi connectivity index (χ0) is 14.5. The van der Waals surface area contributed by atoms with Gasteiger partial charge in [-0.05, 0) is 36.4 Å². The van der Waals surface area contributed by atoms with Gasteiger partial charge in [0.05, 0.1) is 5.69 Å². The highest BCUT2D eigenvalue weighted by molar-refractivity contribution is 6.30. The number of carbonyl (C=O) groups excluding carboxylic acids is 1. The summed E-state index contributed by atoms with van der Waals surface area (Å²) in [6.45, 7) is -0.230. The summed E-state index contributed by atoms with van der Waals surface area (Å²) in [7, 11) is 0. The van der Waals surface area contributed by atoms with Gasteiger partial charge in [0.2, 0.25) is 0 Å². The standard InChI is InChI=1S/C14H12ClFN2O2/c15-9-1-3-10(4-2-9)18-14(19)8-20-11-5-6-13(17)12(16)7-11/h1-7H,8,17H2,(H,18,19). The molecule has 0 heterocycles. The van der Waals surface area contributed by atoms with Crippen molar-refractivity contribution in [1.82, 2.24) is 0 Å². The SMILES string of the molecule is Nc1ccc(OCC(=O)Nc2ccc(Cl)cc2)cc1F. The van der Waals surface area contributed by atoms with Crippen molar-refractivity contribution in [2.45, 2.75) is 0 Å². The third-order valence-electron chi connectivity index (χ3n) is 2.47. The Bertz CT molecular complexity index is 617. The van der Waals surface area contributed by atoms with Crippen LogP contribution in [0, 0.1) is 5.82 Å². The van der Waals surface area contributed by atoms with E-state index in [1.165, 1.54) is 12.1 Å². The molecule has 0 saturated carbocycles. The van der Waals surface area contributed by atoms with Gasteiger partial charge >= 0.3 is 0 Å². The lowest BCUT2D eigenvalue weighted by Gasteiger charge is -2.08. The lowest BCUT2D eigenvalue weighted by Crippen LogP contribution is -2.20. The Morgan fingerprint density at radius 2 is 1.95 bits per heavy atom. The number of anilines is 2. The Hall–Kier alpha value is -2.27. The maximum Gasteiger partial charge on any atom is 0.262 e. The first-order valence-corrected chi connectivity index (χ1v) is 6.15. The molecule has 0 aromatic heterocycles. The molecule has 0 atom stereocenters. The van der Waals surface area contributed by atoms with Crippen LogP contribution in [0.25, 0.3) is 0 Å². The van der Waals surface area contributed by atoms with Gasteiger partial charge in [-0.2, -0.15) is 0 Å². The molecule has 0 aliphatic rings. The molecule has 20 heavy (non-hydrogen) atoms. The highest BCUT2D eigenvalue weighted by Gasteiger charge is 2.05. The van der Waals surface area contributed by atoms with Gasteiger partial charge in [0, 0.05) is 16.8 Å². The first-order valence-electron chi connectivity index (χ1n) is 5.78. The predicted octanol–water partition coefficient (Wildman–Crippen LogP) is 3.08. The van der Waals surface area contributed by atoms with Crippen molar-refractivity contribution in [2.24, 2.45) is 0 Å². The maximum atomic E-state index is 13.2. The Morgan fingerprint density at radius 3 is 2.60 bits per heavy atom. The Labute approximate surface area is 120 Å². The average molecular weight is 295 g/mol. The van der Waals surface area contributed by atoms with Gasteiger partial charge in [0.15, 0.2) is 6.61 Å². The first-order chi connectivity index (χ1) is 9.54. The lowest BCUT2D eigenvalue weighted by molar-refractivity contribution is -0.118. The molecule has 0 spiro atoms. The normalized spacial score (nSPS) is 10.1. The number of rotatable bonds is 4. The number of hydrogen-bond acceptors (Lipinski definition) is 3. The summed E-state index contributed by atoms with van der Waals surface area (Å²) in [5, 5.41) is 3.20. The maximum absolute atomic E-state index is 13.2. The van der Waals surface area contributed by atoms with Crippen LogP contribution in [-0.2, 0) is 4.79 Å². The molecule has 0 aliphatic heterocycles. The first kappa shape index (κ1) is 14.1. The van der Waals surface area contributed by atoms with E-state index in [1.54, 1.807) is 24.3 Å². The van der Waals surface area contributed by atoms with E-state index in [0.29, 0.717) is 10.7 Å². The van der Waals surface area contributed by atoms with E-state index in [9.17, 15) is 9.18 Å². The number of nitrogen functional groups attached to an aromatic ring is 1. The molecule has 2 rings (SSSR count). The quantitative estimate of drug-likeness (QED) is 0.852. The van der Waals surface area contributed by atoms with Gasteiger partial charge in [-0.15, -0.1) is 0 Å². The zero-order valence-corrected chi connectivity index (χ0v) is 11.2. The van der Waals surface area contributed by atoms with Crippen LogP contribution in [0.4, 0.5) is 15.8 Å². The van der Waals surface area contributed by atoms with Gasteiger partial charge in [-0.3, -0.25) is 4.79 Å². The molecular formula is C14H12ClFN2O2. The van der Waals surface area contributed by atoms with E-state index in [1.807, 2.05) is 0 Å². The highest BCUT2D eigenvalue weighted by atomic mass is 35.5. The van der Waals surface area contributed by atoms with E-state index in [0.717, 1.165) is 6.07 Å². The van der Waals surface area contributed by atoms with Crippen LogP contribution in [0.3, 0.4) is 0 Å². The molecular weight excluding hydrogens is 283 g/mol. The molecule has 6 heteroatoms. The van der Waals surface area contributed by atoms with E-state index in [4.69, 9.17) is 22.1 Å². The number of hydrogen-bond donors (Lipinski definition) is 2. The molecule has 0 radical (unpaired) electrons. The number of halogens is 2. The van der Waals surface area contributed by atoms with E-state index in [-0.39, 0.29) is 24.0 Å². The second-order valence-electron chi connectivity index (χ2n) is 4.03. The Balaban J connectivity index is 1.88.